The van der Waals surface area contributed by atoms with E-state index in [9.17, 15) is 4.39 Å². The molecule has 2 heterocycles. The monoisotopic (exact) mass is 298 g/mol. The van der Waals surface area contributed by atoms with Gasteiger partial charge in [0.1, 0.15) is 29.0 Å². The smallest absolute Gasteiger partial charge is 0.136 e. The summed E-state index contributed by atoms with van der Waals surface area (Å²) in [5.41, 5.74) is 0.634. The number of hydrogen-bond donors (Lipinski definition) is 2. The van der Waals surface area contributed by atoms with Gasteiger partial charge in [0.2, 0.25) is 0 Å². The molecule has 3 aromatic rings. The summed E-state index contributed by atoms with van der Waals surface area (Å²) in [5, 5.41) is 6.23. The average molecular weight is 298 g/mol. The van der Waals surface area contributed by atoms with E-state index in [1.54, 1.807) is 31.4 Å². The van der Waals surface area contributed by atoms with Crippen LogP contribution in [0.2, 0.25) is 0 Å². The minimum Gasteiger partial charge on any atom is -0.467 e. The third kappa shape index (κ3) is 3.60. The highest BCUT2D eigenvalue weighted by Crippen LogP contribution is 2.18. The number of anilines is 3. The van der Waals surface area contributed by atoms with E-state index >= 15 is 0 Å². The van der Waals surface area contributed by atoms with Crippen molar-refractivity contribution in [3.63, 3.8) is 0 Å². The third-order valence-electron chi connectivity index (χ3n) is 2.96. The van der Waals surface area contributed by atoms with Crippen LogP contribution >= 0.6 is 0 Å². The molecule has 0 unspecified atom stereocenters. The van der Waals surface area contributed by atoms with E-state index in [-0.39, 0.29) is 5.82 Å². The summed E-state index contributed by atoms with van der Waals surface area (Å²) in [6, 6.07) is 11.7. The lowest BCUT2D eigenvalue weighted by Gasteiger charge is -2.09. The molecule has 6 heteroatoms. The topological polar surface area (TPSA) is 63.0 Å². The van der Waals surface area contributed by atoms with Gasteiger partial charge < -0.3 is 15.1 Å². The Morgan fingerprint density at radius 1 is 1.09 bits per heavy atom. The predicted molar refractivity (Wildman–Crippen MR) is 82.5 cm³/mol. The standard InChI is InChI=1S/C16H15FN4O/c1-11-19-15(18-10-14-6-3-7-22-14)9-16(20-11)21-13-5-2-4-12(17)8-13/h2-9H,10H2,1H3,(H2,18,19,20,21). The lowest BCUT2D eigenvalue weighted by Crippen LogP contribution is -2.04. The Labute approximate surface area is 127 Å². The zero-order chi connectivity index (χ0) is 15.4. The van der Waals surface area contributed by atoms with Gasteiger partial charge in [-0.3, -0.25) is 0 Å². The Hall–Kier alpha value is -2.89. The molecule has 22 heavy (non-hydrogen) atoms. The van der Waals surface area contributed by atoms with E-state index in [1.807, 2.05) is 12.1 Å². The Balaban J connectivity index is 1.74. The number of halogens is 1. The van der Waals surface area contributed by atoms with E-state index in [1.165, 1.54) is 12.1 Å². The van der Waals surface area contributed by atoms with Crippen molar-refractivity contribution in [2.24, 2.45) is 0 Å². The van der Waals surface area contributed by atoms with Gasteiger partial charge in [-0.2, -0.15) is 0 Å². The van der Waals surface area contributed by atoms with E-state index in [4.69, 9.17) is 4.42 Å². The molecule has 0 saturated heterocycles. The molecule has 0 aliphatic rings. The maximum atomic E-state index is 13.2. The summed E-state index contributed by atoms with van der Waals surface area (Å²) in [6.07, 6.45) is 1.62. The molecule has 0 aliphatic heterocycles. The Kier molecular flexibility index (Phi) is 4.00. The highest BCUT2D eigenvalue weighted by atomic mass is 19.1. The number of rotatable bonds is 5. The Bertz CT molecular complexity index is 759. The lowest BCUT2D eigenvalue weighted by atomic mass is 10.3. The molecule has 2 N–H and O–H groups in total. The van der Waals surface area contributed by atoms with Crippen LogP contribution in [0.5, 0.6) is 0 Å². The molecule has 0 aliphatic carbocycles. The van der Waals surface area contributed by atoms with Crippen molar-refractivity contribution in [2.45, 2.75) is 13.5 Å². The number of nitrogens with one attached hydrogen (secondary N) is 2. The van der Waals surface area contributed by atoms with Crippen molar-refractivity contribution in [1.82, 2.24) is 9.97 Å². The molecule has 1 aromatic carbocycles. The van der Waals surface area contributed by atoms with Gasteiger partial charge in [-0.1, -0.05) is 6.07 Å². The number of furan rings is 1. The maximum Gasteiger partial charge on any atom is 0.136 e. The van der Waals surface area contributed by atoms with Gasteiger partial charge in [-0.25, -0.2) is 14.4 Å². The van der Waals surface area contributed by atoms with Crippen LogP contribution in [0.3, 0.4) is 0 Å². The highest BCUT2D eigenvalue weighted by Gasteiger charge is 2.04. The number of aryl methyl sites for hydroxylation is 1. The Morgan fingerprint density at radius 2 is 1.95 bits per heavy atom. The van der Waals surface area contributed by atoms with Crippen molar-refractivity contribution in [2.75, 3.05) is 10.6 Å². The molecular formula is C16H15FN4O. The molecule has 0 atom stereocenters. The minimum atomic E-state index is -0.299. The molecular weight excluding hydrogens is 283 g/mol. The second-order valence-corrected chi connectivity index (χ2v) is 4.75. The van der Waals surface area contributed by atoms with Crippen LogP contribution in [0.4, 0.5) is 21.7 Å². The van der Waals surface area contributed by atoms with Crippen LogP contribution < -0.4 is 10.6 Å². The average Bonchev–Trinajstić information content (AvgIpc) is 2.98. The molecule has 0 amide bonds. The van der Waals surface area contributed by atoms with E-state index < -0.39 is 0 Å². The summed E-state index contributed by atoms with van der Waals surface area (Å²) in [6.45, 7) is 2.33. The largest absolute Gasteiger partial charge is 0.467 e. The van der Waals surface area contributed by atoms with Gasteiger partial charge in [-0.05, 0) is 37.3 Å². The van der Waals surface area contributed by atoms with Gasteiger partial charge in [-0.15, -0.1) is 0 Å². The van der Waals surface area contributed by atoms with Crippen molar-refractivity contribution in [3.8, 4) is 0 Å². The number of nitrogens with zero attached hydrogens (tertiary/aromatic N) is 2. The first-order valence-corrected chi connectivity index (χ1v) is 6.83. The third-order valence-corrected chi connectivity index (χ3v) is 2.96. The van der Waals surface area contributed by atoms with Gasteiger partial charge in [0.25, 0.3) is 0 Å². The predicted octanol–water partition coefficient (Wildman–Crippen LogP) is 3.87. The molecule has 0 bridgehead atoms. The van der Waals surface area contributed by atoms with Crippen molar-refractivity contribution >= 4 is 17.3 Å². The lowest BCUT2D eigenvalue weighted by molar-refractivity contribution is 0.518. The zero-order valence-corrected chi connectivity index (χ0v) is 12.0. The van der Waals surface area contributed by atoms with Crippen LogP contribution in [-0.4, -0.2) is 9.97 Å². The fraction of sp³-hybridized carbons (Fsp3) is 0.125. The van der Waals surface area contributed by atoms with Crippen LogP contribution in [0, 0.1) is 12.7 Å². The summed E-state index contributed by atoms with van der Waals surface area (Å²) in [4.78, 5) is 8.61. The highest BCUT2D eigenvalue weighted by molar-refractivity contribution is 5.59. The second kappa shape index (κ2) is 6.26. The second-order valence-electron chi connectivity index (χ2n) is 4.75. The summed E-state index contributed by atoms with van der Waals surface area (Å²) >= 11 is 0. The van der Waals surface area contributed by atoms with Crippen LogP contribution in [-0.2, 0) is 6.54 Å². The zero-order valence-electron chi connectivity index (χ0n) is 12.0. The van der Waals surface area contributed by atoms with Crippen molar-refractivity contribution in [1.29, 1.82) is 0 Å². The molecule has 0 spiro atoms. The summed E-state index contributed by atoms with van der Waals surface area (Å²) in [7, 11) is 0. The molecule has 0 fully saturated rings. The number of aromatic nitrogens is 2. The quantitative estimate of drug-likeness (QED) is 0.748. The Morgan fingerprint density at radius 3 is 2.73 bits per heavy atom. The first-order valence-electron chi connectivity index (χ1n) is 6.83. The van der Waals surface area contributed by atoms with Gasteiger partial charge >= 0.3 is 0 Å². The number of benzene rings is 1. The van der Waals surface area contributed by atoms with E-state index in [0.717, 1.165) is 5.76 Å². The molecule has 0 radical (unpaired) electrons. The summed E-state index contributed by atoms with van der Waals surface area (Å²) < 4.78 is 18.5. The fourth-order valence-electron chi connectivity index (χ4n) is 2.03. The fourth-order valence-corrected chi connectivity index (χ4v) is 2.03. The minimum absolute atomic E-state index is 0.299. The normalized spacial score (nSPS) is 10.5. The van der Waals surface area contributed by atoms with Crippen LogP contribution in [0.25, 0.3) is 0 Å². The van der Waals surface area contributed by atoms with Gasteiger partial charge in [0.15, 0.2) is 0 Å². The first kappa shape index (κ1) is 14.1. The SMILES string of the molecule is Cc1nc(NCc2ccco2)cc(Nc2cccc(F)c2)n1. The van der Waals surface area contributed by atoms with Crippen LogP contribution in [0.1, 0.15) is 11.6 Å². The van der Waals surface area contributed by atoms with Crippen LogP contribution in [0.15, 0.2) is 53.1 Å². The van der Waals surface area contributed by atoms with Crippen molar-refractivity contribution in [3.05, 3.63) is 66.1 Å². The van der Waals surface area contributed by atoms with E-state index in [2.05, 4.69) is 20.6 Å². The summed E-state index contributed by atoms with van der Waals surface area (Å²) in [5.74, 6) is 2.40. The first-order chi connectivity index (χ1) is 10.7. The van der Waals surface area contributed by atoms with Gasteiger partial charge in [0.05, 0.1) is 12.8 Å². The maximum absolute atomic E-state index is 13.2. The molecule has 0 saturated carbocycles. The number of hydrogen-bond acceptors (Lipinski definition) is 5. The molecule has 112 valence electrons. The van der Waals surface area contributed by atoms with Gasteiger partial charge in [0, 0.05) is 11.8 Å². The molecule has 2 aromatic heterocycles. The van der Waals surface area contributed by atoms with Crippen molar-refractivity contribution < 1.29 is 8.81 Å². The molecule has 5 nitrogen and oxygen atoms in total. The van der Waals surface area contributed by atoms with E-state index in [0.29, 0.717) is 29.7 Å². The molecule has 3 rings (SSSR count).